The minimum absolute atomic E-state index is 0.0142. The zero-order valence-corrected chi connectivity index (χ0v) is 18.6. The summed E-state index contributed by atoms with van der Waals surface area (Å²) >= 11 is 1.35. The first-order valence-electron chi connectivity index (χ1n) is 11.1. The third-order valence-electron chi connectivity index (χ3n) is 7.13. The maximum atomic E-state index is 12.9. The van der Waals surface area contributed by atoms with E-state index in [0.29, 0.717) is 10.6 Å². The minimum atomic E-state index is 0.0142. The smallest absolute Gasteiger partial charge is 0.230 e. The predicted molar refractivity (Wildman–Crippen MR) is 121 cm³/mol. The molecule has 4 aliphatic rings. The third-order valence-corrected chi connectivity index (χ3v) is 8.12. The number of nitriles is 1. The van der Waals surface area contributed by atoms with Crippen molar-refractivity contribution >= 4 is 17.7 Å². The van der Waals surface area contributed by atoms with E-state index in [-0.39, 0.29) is 17.2 Å². The van der Waals surface area contributed by atoms with E-state index in [4.69, 9.17) is 9.72 Å². The van der Waals surface area contributed by atoms with E-state index in [2.05, 4.69) is 11.4 Å². The van der Waals surface area contributed by atoms with Gasteiger partial charge in [-0.3, -0.25) is 4.79 Å². The average molecular weight is 434 g/mol. The van der Waals surface area contributed by atoms with Crippen molar-refractivity contribution in [1.29, 1.82) is 5.26 Å². The summed E-state index contributed by atoms with van der Waals surface area (Å²) in [4.78, 5) is 17.6. The number of amides is 1. The summed E-state index contributed by atoms with van der Waals surface area (Å²) < 4.78 is 5.31. The Morgan fingerprint density at radius 1 is 1.19 bits per heavy atom. The van der Waals surface area contributed by atoms with Crippen molar-refractivity contribution in [3.8, 4) is 23.1 Å². The van der Waals surface area contributed by atoms with E-state index in [9.17, 15) is 10.1 Å². The number of thioether (sulfide) groups is 1. The number of nitrogens with zero attached hydrogens (tertiary/aromatic N) is 2. The topological polar surface area (TPSA) is 75.0 Å². The molecule has 1 amide bonds. The van der Waals surface area contributed by atoms with E-state index in [1.807, 2.05) is 30.3 Å². The normalized spacial score (nSPS) is 28.2. The molecule has 0 radical (unpaired) electrons. The van der Waals surface area contributed by atoms with Crippen molar-refractivity contribution < 1.29 is 9.53 Å². The van der Waals surface area contributed by atoms with Crippen LogP contribution >= 0.6 is 11.8 Å². The number of carbonyl (C=O) groups excluding carboxylic acids is 1. The lowest BCUT2D eigenvalue weighted by Gasteiger charge is -2.56. The number of hydrogen-bond acceptors (Lipinski definition) is 5. The van der Waals surface area contributed by atoms with Gasteiger partial charge in [-0.1, -0.05) is 23.9 Å². The van der Waals surface area contributed by atoms with E-state index in [1.54, 1.807) is 13.2 Å². The zero-order chi connectivity index (χ0) is 21.4. The molecule has 0 atom stereocenters. The lowest BCUT2D eigenvalue weighted by atomic mass is 9.53. The molecule has 160 valence electrons. The molecule has 0 aliphatic heterocycles. The first-order valence-corrected chi connectivity index (χ1v) is 12.0. The minimum Gasteiger partial charge on any atom is -0.497 e. The quantitative estimate of drug-likeness (QED) is 0.662. The fourth-order valence-corrected chi connectivity index (χ4v) is 7.08. The summed E-state index contributed by atoms with van der Waals surface area (Å²) in [7, 11) is 1.63. The number of carbonyl (C=O) groups is 1. The number of rotatable bonds is 6. The summed E-state index contributed by atoms with van der Waals surface area (Å²) in [6, 6.07) is 13.5. The molecule has 4 saturated carbocycles. The Labute approximate surface area is 187 Å². The fourth-order valence-electron chi connectivity index (χ4n) is 6.31. The van der Waals surface area contributed by atoms with Gasteiger partial charge in [0, 0.05) is 11.1 Å². The molecule has 2 aromatic rings. The van der Waals surface area contributed by atoms with Crippen molar-refractivity contribution in [2.45, 2.75) is 49.1 Å². The van der Waals surface area contributed by atoms with Gasteiger partial charge in [-0.2, -0.15) is 5.26 Å². The van der Waals surface area contributed by atoms with E-state index in [0.717, 1.165) is 54.0 Å². The van der Waals surface area contributed by atoms with Crippen LogP contribution in [0.1, 0.15) is 44.1 Å². The van der Waals surface area contributed by atoms with Crippen LogP contribution in [-0.2, 0) is 4.79 Å². The Morgan fingerprint density at radius 2 is 1.90 bits per heavy atom. The van der Waals surface area contributed by atoms with Crippen molar-refractivity contribution in [2.24, 2.45) is 17.8 Å². The van der Waals surface area contributed by atoms with Gasteiger partial charge in [0.1, 0.15) is 16.8 Å². The highest BCUT2D eigenvalue weighted by molar-refractivity contribution is 8.00. The van der Waals surface area contributed by atoms with Gasteiger partial charge in [0.05, 0.1) is 24.1 Å². The summed E-state index contributed by atoms with van der Waals surface area (Å²) in [5.41, 5.74) is 2.20. The number of aromatic nitrogens is 1. The molecular formula is C25H27N3O2S. The van der Waals surface area contributed by atoms with E-state index >= 15 is 0 Å². The van der Waals surface area contributed by atoms with Crippen LogP contribution in [0.3, 0.4) is 0 Å². The number of methoxy groups -OCH3 is 1. The van der Waals surface area contributed by atoms with Gasteiger partial charge in [0.15, 0.2) is 0 Å². The number of hydrogen-bond donors (Lipinski definition) is 1. The second-order valence-corrected chi connectivity index (χ2v) is 10.4. The molecule has 0 saturated heterocycles. The maximum absolute atomic E-state index is 12.9. The molecule has 31 heavy (non-hydrogen) atoms. The first kappa shape index (κ1) is 20.4. The van der Waals surface area contributed by atoms with Gasteiger partial charge in [-0.05, 0) is 80.5 Å². The highest BCUT2D eigenvalue weighted by Gasteiger charge is 2.51. The van der Waals surface area contributed by atoms with E-state index in [1.165, 1.54) is 31.0 Å². The molecule has 4 aliphatic carbocycles. The van der Waals surface area contributed by atoms with Crippen LogP contribution in [0.15, 0.2) is 41.4 Å². The molecule has 1 aromatic heterocycles. The van der Waals surface area contributed by atoms with Crippen LogP contribution in [0.4, 0.5) is 0 Å². The second kappa shape index (κ2) is 8.20. The Hall–Kier alpha value is -2.52. The second-order valence-electron chi connectivity index (χ2n) is 9.43. The van der Waals surface area contributed by atoms with Crippen LogP contribution in [0.2, 0.25) is 0 Å². The Morgan fingerprint density at radius 3 is 2.55 bits per heavy atom. The molecule has 6 heteroatoms. The zero-order valence-electron chi connectivity index (χ0n) is 17.8. The molecule has 0 unspecified atom stereocenters. The molecule has 1 aromatic carbocycles. The van der Waals surface area contributed by atoms with Gasteiger partial charge >= 0.3 is 0 Å². The monoisotopic (exact) mass is 433 g/mol. The molecule has 6 rings (SSSR count). The Bertz CT molecular complexity index is 1010. The summed E-state index contributed by atoms with van der Waals surface area (Å²) in [5.74, 6) is 3.49. The molecular weight excluding hydrogens is 406 g/mol. The molecule has 1 N–H and O–H groups in total. The first-order chi connectivity index (χ1) is 15.1. The fraction of sp³-hybridized carbons (Fsp3) is 0.480. The van der Waals surface area contributed by atoms with Crippen LogP contribution in [0.25, 0.3) is 11.3 Å². The van der Waals surface area contributed by atoms with E-state index < -0.39 is 0 Å². The lowest BCUT2D eigenvalue weighted by molar-refractivity contribution is -0.124. The molecule has 5 nitrogen and oxygen atoms in total. The number of pyridine rings is 1. The lowest BCUT2D eigenvalue weighted by Crippen LogP contribution is -2.60. The van der Waals surface area contributed by atoms with Crippen molar-refractivity contribution in [3.63, 3.8) is 0 Å². The standard InChI is InChI=1S/C25H27N3O2S/c1-30-21-4-2-3-19(10-21)22-6-5-20(14-26)24(27-22)31-15-23(29)28-25-11-16-7-17(12-25)9-18(8-16)13-25/h2-6,10,16-18H,7-9,11-13,15H2,1H3,(H,28,29). The van der Waals surface area contributed by atoms with Gasteiger partial charge in [0.25, 0.3) is 0 Å². The number of nitrogens with one attached hydrogen (secondary N) is 1. The molecule has 0 spiro atoms. The van der Waals surface area contributed by atoms with Crippen LogP contribution < -0.4 is 10.1 Å². The SMILES string of the molecule is COc1cccc(-c2ccc(C#N)c(SCC(=O)NC34CC5CC(CC(C5)C3)C4)n2)c1. The Kier molecular flexibility index (Phi) is 5.39. The summed E-state index contributed by atoms with van der Waals surface area (Å²) in [5, 5.41) is 13.5. The number of benzene rings is 1. The van der Waals surface area contributed by atoms with Crippen molar-refractivity contribution in [3.05, 3.63) is 42.0 Å². The molecule has 1 heterocycles. The summed E-state index contributed by atoms with van der Waals surface area (Å²) in [6.07, 6.45) is 7.50. The third kappa shape index (κ3) is 4.16. The van der Waals surface area contributed by atoms with Crippen LogP contribution in [-0.4, -0.2) is 29.3 Å². The van der Waals surface area contributed by atoms with Crippen molar-refractivity contribution in [1.82, 2.24) is 10.3 Å². The molecule has 4 bridgehead atoms. The largest absolute Gasteiger partial charge is 0.497 e. The highest BCUT2D eigenvalue weighted by Crippen LogP contribution is 2.55. The maximum Gasteiger partial charge on any atom is 0.230 e. The predicted octanol–water partition coefficient (Wildman–Crippen LogP) is 4.81. The summed E-state index contributed by atoms with van der Waals surface area (Å²) in [6.45, 7) is 0. The van der Waals surface area contributed by atoms with Gasteiger partial charge in [0.2, 0.25) is 5.91 Å². The van der Waals surface area contributed by atoms with Crippen molar-refractivity contribution in [2.75, 3.05) is 12.9 Å². The number of ether oxygens (including phenoxy) is 1. The Balaban J connectivity index is 1.28. The van der Waals surface area contributed by atoms with Gasteiger partial charge in [-0.25, -0.2) is 4.98 Å². The van der Waals surface area contributed by atoms with Crippen LogP contribution in [0, 0.1) is 29.1 Å². The van der Waals surface area contributed by atoms with Gasteiger partial charge in [-0.15, -0.1) is 0 Å². The highest BCUT2D eigenvalue weighted by atomic mass is 32.2. The molecule has 4 fully saturated rings. The van der Waals surface area contributed by atoms with Crippen LogP contribution in [0.5, 0.6) is 5.75 Å². The average Bonchev–Trinajstić information content (AvgIpc) is 2.76. The van der Waals surface area contributed by atoms with Gasteiger partial charge < -0.3 is 10.1 Å².